The van der Waals surface area contributed by atoms with Crippen LogP contribution >= 0.6 is 11.3 Å². The molecule has 2 N–H and O–H groups in total. The van der Waals surface area contributed by atoms with Gasteiger partial charge in [-0.15, -0.1) is 11.3 Å². The van der Waals surface area contributed by atoms with E-state index in [1.807, 2.05) is 18.2 Å². The first-order valence-electron chi connectivity index (χ1n) is 9.64. The normalized spacial score (nSPS) is 18.1. The summed E-state index contributed by atoms with van der Waals surface area (Å²) in [5.74, 6) is 0. The zero-order valence-electron chi connectivity index (χ0n) is 15.7. The van der Waals surface area contributed by atoms with Crippen LogP contribution in [-0.4, -0.2) is 57.4 Å². The summed E-state index contributed by atoms with van der Waals surface area (Å²) in [7, 11) is 0. The lowest BCUT2D eigenvalue weighted by Gasteiger charge is -2.42. The van der Waals surface area contributed by atoms with E-state index in [0.717, 1.165) is 42.2 Å². The van der Waals surface area contributed by atoms with Gasteiger partial charge in [-0.05, 0) is 43.6 Å². The van der Waals surface area contributed by atoms with Gasteiger partial charge in [0.05, 0.1) is 18.4 Å². The van der Waals surface area contributed by atoms with Crippen molar-refractivity contribution in [2.24, 2.45) is 0 Å². The topological polar surface area (TPSA) is 69.5 Å². The summed E-state index contributed by atoms with van der Waals surface area (Å²) < 4.78 is 0. The second kappa shape index (κ2) is 8.49. The Hall–Kier alpha value is -2.12. The molecule has 6 heteroatoms. The average Bonchev–Trinajstić information content (AvgIpc) is 3.26. The van der Waals surface area contributed by atoms with Crippen LogP contribution in [0.2, 0.25) is 0 Å². The third kappa shape index (κ3) is 3.86. The molecule has 1 unspecified atom stereocenters. The molecule has 0 amide bonds. The fraction of sp³-hybridized carbons (Fsp3) is 0.364. The number of likely N-dealkylation sites (tertiary alicyclic amines) is 1. The molecule has 1 saturated heterocycles. The summed E-state index contributed by atoms with van der Waals surface area (Å²) in [6.45, 7) is 2.06. The van der Waals surface area contributed by atoms with Gasteiger partial charge in [-0.1, -0.05) is 30.3 Å². The van der Waals surface area contributed by atoms with Gasteiger partial charge in [-0.2, -0.15) is 0 Å². The Labute approximate surface area is 169 Å². The molecular weight excluding hydrogens is 370 g/mol. The molecule has 1 atom stereocenters. The molecular formula is C22H25N3O2S. The first kappa shape index (κ1) is 19.2. The molecule has 3 heterocycles. The molecule has 3 aromatic rings. The third-order valence-corrected chi connectivity index (χ3v) is 6.53. The van der Waals surface area contributed by atoms with E-state index in [0.29, 0.717) is 6.54 Å². The molecule has 1 aliphatic rings. The maximum absolute atomic E-state index is 9.80. The van der Waals surface area contributed by atoms with Crippen molar-refractivity contribution in [3.8, 4) is 10.6 Å². The van der Waals surface area contributed by atoms with E-state index in [9.17, 15) is 5.11 Å². The van der Waals surface area contributed by atoms with Gasteiger partial charge in [-0.25, -0.2) is 4.98 Å². The summed E-state index contributed by atoms with van der Waals surface area (Å²) in [4.78, 5) is 11.4. The largest absolute Gasteiger partial charge is 0.394 e. The molecule has 0 aliphatic carbocycles. The van der Waals surface area contributed by atoms with Gasteiger partial charge in [0.1, 0.15) is 5.01 Å². The number of aromatic nitrogens is 2. The molecule has 1 aromatic carbocycles. The zero-order valence-corrected chi connectivity index (χ0v) is 16.6. The SMILES string of the molecule is OCC(O)CN1CCC(c2ccccc2)(c2csc(-c3ccncc3)n2)CC1. The number of nitrogens with zero attached hydrogens (tertiary/aromatic N) is 3. The molecule has 4 rings (SSSR count). The highest BCUT2D eigenvalue weighted by Gasteiger charge is 2.40. The lowest BCUT2D eigenvalue weighted by molar-refractivity contribution is 0.0464. The summed E-state index contributed by atoms with van der Waals surface area (Å²) in [5, 5.41) is 22.2. The van der Waals surface area contributed by atoms with Crippen molar-refractivity contribution >= 4 is 11.3 Å². The number of aliphatic hydroxyl groups excluding tert-OH is 2. The van der Waals surface area contributed by atoms with E-state index in [4.69, 9.17) is 10.1 Å². The number of hydrogen-bond acceptors (Lipinski definition) is 6. The van der Waals surface area contributed by atoms with Crippen molar-refractivity contribution < 1.29 is 10.2 Å². The Bertz CT molecular complexity index is 877. The van der Waals surface area contributed by atoms with Gasteiger partial charge < -0.3 is 15.1 Å². The van der Waals surface area contributed by atoms with Crippen LogP contribution in [-0.2, 0) is 5.41 Å². The van der Waals surface area contributed by atoms with E-state index in [1.54, 1.807) is 23.7 Å². The van der Waals surface area contributed by atoms with Crippen molar-refractivity contribution in [1.82, 2.24) is 14.9 Å². The number of rotatable bonds is 6. The van der Waals surface area contributed by atoms with Crippen LogP contribution in [0.4, 0.5) is 0 Å². The monoisotopic (exact) mass is 395 g/mol. The van der Waals surface area contributed by atoms with Gasteiger partial charge in [0, 0.05) is 35.3 Å². The highest BCUT2D eigenvalue weighted by molar-refractivity contribution is 7.13. The standard InChI is InChI=1S/C22H25N3O2S/c26-15-19(27)14-25-12-8-22(9-13-25,18-4-2-1-3-5-18)20-16-28-21(24-20)17-6-10-23-11-7-17/h1-7,10-11,16,19,26-27H,8-9,12-15H2. The fourth-order valence-electron chi connectivity index (χ4n) is 4.04. The van der Waals surface area contributed by atoms with Crippen molar-refractivity contribution in [3.63, 3.8) is 0 Å². The van der Waals surface area contributed by atoms with Crippen molar-refractivity contribution in [2.45, 2.75) is 24.4 Å². The quantitative estimate of drug-likeness (QED) is 0.672. The molecule has 1 fully saturated rings. The lowest BCUT2D eigenvalue weighted by Crippen LogP contribution is -2.46. The van der Waals surface area contributed by atoms with E-state index in [-0.39, 0.29) is 12.0 Å². The van der Waals surface area contributed by atoms with Gasteiger partial charge in [0.2, 0.25) is 0 Å². The molecule has 5 nitrogen and oxygen atoms in total. The van der Waals surface area contributed by atoms with Crippen LogP contribution in [0.1, 0.15) is 24.1 Å². The number of benzene rings is 1. The first-order valence-corrected chi connectivity index (χ1v) is 10.5. The number of piperidine rings is 1. The lowest BCUT2D eigenvalue weighted by atomic mass is 9.70. The Kier molecular flexibility index (Phi) is 5.82. The molecule has 0 radical (unpaired) electrons. The number of hydrogen-bond donors (Lipinski definition) is 2. The molecule has 0 spiro atoms. The second-order valence-corrected chi connectivity index (χ2v) is 8.22. The number of β-amino-alcohol motifs (C(OH)–C–C–N with tert-alkyl or cyclic N) is 1. The Balaban J connectivity index is 1.64. The Morgan fingerprint density at radius 3 is 2.46 bits per heavy atom. The summed E-state index contributed by atoms with van der Waals surface area (Å²) in [6.07, 6.45) is 4.80. The molecule has 0 saturated carbocycles. The van der Waals surface area contributed by atoms with Gasteiger partial charge in [0.15, 0.2) is 0 Å². The Morgan fingerprint density at radius 2 is 1.79 bits per heavy atom. The van der Waals surface area contributed by atoms with Crippen LogP contribution in [0.5, 0.6) is 0 Å². The highest BCUT2D eigenvalue weighted by Crippen LogP contribution is 2.43. The van der Waals surface area contributed by atoms with Crippen LogP contribution in [0.3, 0.4) is 0 Å². The van der Waals surface area contributed by atoms with Crippen LogP contribution < -0.4 is 0 Å². The zero-order chi connectivity index (χ0) is 19.4. The minimum absolute atomic E-state index is 0.121. The minimum Gasteiger partial charge on any atom is -0.394 e. The van der Waals surface area contributed by atoms with Crippen LogP contribution in [0.15, 0.2) is 60.2 Å². The van der Waals surface area contributed by atoms with Gasteiger partial charge in [-0.3, -0.25) is 4.98 Å². The van der Waals surface area contributed by atoms with E-state index in [2.05, 4.69) is 39.5 Å². The maximum atomic E-state index is 9.80. The molecule has 0 bridgehead atoms. The predicted molar refractivity (Wildman–Crippen MR) is 111 cm³/mol. The molecule has 2 aromatic heterocycles. The average molecular weight is 396 g/mol. The highest BCUT2D eigenvalue weighted by atomic mass is 32.1. The Morgan fingerprint density at radius 1 is 1.07 bits per heavy atom. The third-order valence-electron chi connectivity index (χ3n) is 5.64. The first-order chi connectivity index (χ1) is 13.7. The summed E-state index contributed by atoms with van der Waals surface area (Å²) in [6, 6.07) is 14.6. The van der Waals surface area contributed by atoms with Crippen molar-refractivity contribution in [1.29, 1.82) is 0 Å². The maximum Gasteiger partial charge on any atom is 0.123 e. The predicted octanol–water partition coefficient (Wildman–Crippen LogP) is 2.94. The second-order valence-electron chi connectivity index (χ2n) is 7.36. The summed E-state index contributed by atoms with van der Waals surface area (Å²) >= 11 is 1.68. The van der Waals surface area contributed by atoms with E-state index < -0.39 is 6.10 Å². The van der Waals surface area contributed by atoms with Crippen LogP contribution in [0.25, 0.3) is 10.6 Å². The van der Waals surface area contributed by atoms with Gasteiger partial charge in [0.25, 0.3) is 0 Å². The molecule has 28 heavy (non-hydrogen) atoms. The molecule has 1 aliphatic heterocycles. The fourth-order valence-corrected chi connectivity index (χ4v) is 4.97. The number of aliphatic hydroxyl groups is 2. The van der Waals surface area contributed by atoms with Crippen molar-refractivity contribution in [2.75, 3.05) is 26.2 Å². The smallest absolute Gasteiger partial charge is 0.123 e. The molecule has 146 valence electrons. The summed E-state index contributed by atoms with van der Waals surface area (Å²) in [5.41, 5.74) is 3.39. The van der Waals surface area contributed by atoms with E-state index >= 15 is 0 Å². The van der Waals surface area contributed by atoms with Crippen LogP contribution in [0, 0.1) is 0 Å². The van der Waals surface area contributed by atoms with E-state index in [1.165, 1.54) is 5.56 Å². The van der Waals surface area contributed by atoms with Crippen molar-refractivity contribution in [3.05, 3.63) is 71.5 Å². The number of thiazole rings is 1. The number of pyridine rings is 1. The minimum atomic E-state index is -0.679. The van der Waals surface area contributed by atoms with Gasteiger partial charge >= 0.3 is 0 Å².